The van der Waals surface area contributed by atoms with E-state index in [0.29, 0.717) is 0 Å². The predicted octanol–water partition coefficient (Wildman–Crippen LogP) is 5.46. The molecule has 140 valence electrons. The molecule has 4 aliphatic rings. The molecule has 0 saturated heterocycles. The summed E-state index contributed by atoms with van der Waals surface area (Å²) < 4.78 is 1.97. The zero-order chi connectivity index (χ0) is 19.5. The number of hydrogen-bond donors (Lipinski definition) is 0. The van der Waals surface area contributed by atoms with Gasteiger partial charge in [-0.25, -0.2) is 4.98 Å². The van der Waals surface area contributed by atoms with Crippen molar-refractivity contribution in [2.24, 2.45) is 5.41 Å². The number of pyridine rings is 1. The first-order valence-electron chi connectivity index (χ1n) is 10.4. The number of benzene rings is 3. The molecule has 3 heteroatoms. The van der Waals surface area contributed by atoms with E-state index in [1.807, 2.05) is 35.1 Å². The molecular formula is C26H20N2O. The summed E-state index contributed by atoms with van der Waals surface area (Å²) >= 11 is 0. The molecule has 0 N–H and O–H groups in total. The van der Waals surface area contributed by atoms with E-state index in [4.69, 9.17) is 0 Å². The summed E-state index contributed by atoms with van der Waals surface area (Å²) in [6.07, 6.45) is 11.4. The van der Waals surface area contributed by atoms with Crippen LogP contribution in [0.15, 0.2) is 53.2 Å². The van der Waals surface area contributed by atoms with Gasteiger partial charge >= 0.3 is 0 Å². The van der Waals surface area contributed by atoms with Gasteiger partial charge in [-0.05, 0) is 75.7 Å². The van der Waals surface area contributed by atoms with Gasteiger partial charge in [-0.3, -0.25) is 4.79 Å². The van der Waals surface area contributed by atoms with Gasteiger partial charge in [-0.15, -0.1) is 0 Å². The van der Waals surface area contributed by atoms with Crippen LogP contribution in [0.3, 0.4) is 0 Å². The van der Waals surface area contributed by atoms with Crippen LogP contribution in [-0.2, 0) is 12.8 Å². The first kappa shape index (κ1) is 15.7. The van der Waals surface area contributed by atoms with Crippen molar-refractivity contribution in [2.45, 2.75) is 33.1 Å². The highest BCUT2D eigenvalue weighted by Crippen LogP contribution is 2.50. The van der Waals surface area contributed by atoms with Gasteiger partial charge in [0.1, 0.15) is 5.65 Å². The number of aryl methyl sites for hydroxylation is 1. The fourth-order valence-corrected chi connectivity index (χ4v) is 5.91. The Balaban J connectivity index is 1.79. The SMILES string of the molecule is CC1(C)Cc2c3c(c4ccc5c6c4c2cc(=O)c-6cn2cccnc52)CCC1=C3. The van der Waals surface area contributed by atoms with Crippen LogP contribution in [0.25, 0.3) is 44.4 Å². The molecule has 7 rings (SSSR count). The lowest BCUT2D eigenvalue weighted by Crippen LogP contribution is -2.26. The average Bonchev–Trinajstić information content (AvgIpc) is 2.73. The van der Waals surface area contributed by atoms with Crippen molar-refractivity contribution in [1.82, 2.24) is 9.38 Å². The maximum Gasteiger partial charge on any atom is 0.188 e. The van der Waals surface area contributed by atoms with Crippen LogP contribution in [0.2, 0.25) is 0 Å². The Morgan fingerprint density at radius 3 is 2.83 bits per heavy atom. The molecule has 2 aromatic carbocycles. The van der Waals surface area contributed by atoms with E-state index in [1.54, 1.807) is 5.57 Å². The zero-order valence-corrected chi connectivity index (χ0v) is 16.5. The molecule has 0 atom stereocenters. The van der Waals surface area contributed by atoms with E-state index in [0.717, 1.165) is 46.8 Å². The summed E-state index contributed by atoms with van der Waals surface area (Å²) in [6, 6.07) is 8.23. The Hall–Kier alpha value is -3.20. The van der Waals surface area contributed by atoms with E-state index in [-0.39, 0.29) is 10.8 Å². The van der Waals surface area contributed by atoms with Gasteiger partial charge in [0.05, 0.1) is 0 Å². The molecule has 3 nitrogen and oxygen atoms in total. The molecule has 0 unspecified atom stereocenters. The molecule has 0 spiro atoms. The standard InChI is InChI=1S/C26H20N2O/c1-26(2)12-20-18-10-14(26)4-5-15(18)16-6-7-17-24-21(22(29)11-19(20)23(16)24)13-28-9-3-8-27-25(17)28/h3,6-11,13H,4-5,12H2,1-2H3. The van der Waals surface area contributed by atoms with Crippen LogP contribution in [-0.4, -0.2) is 9.38 Å². The molecule has 2 heterocycles. The lowest BCUT2D eigenvalue weighted by atomic mass is 9.65. The number of aromatic nitrogens is 2. The molecule has 0 amide bonds. The Bertz CT molecular complexity index is 1570. The van der Waals surface area contributed by atoms with Gasteiger partial charge in [0.2, 0.25) is 0 Å². The lowest BCUT2D eigenvalue weighted by molar-refractivity contribution is 0.421. The summed E-state index contributed by atoms with van der Waals surface area (Å²) in [7, 11) is 0. The third-order valence-electron chi connectivity index (χ3n) is 7.32. The van der Waals surface area contributed by atoms with E-state index in [9.17, 15) is 4.79 Å². The van der Waals surface area contributed by atoms with Crippen LogP contribution in [0.4, 0.5) is 0 Å². The quantitative estimate of drug-likeness (QED) is 0.266. The number of fused-ring (bicyclic) bond motifs is 4. The Morgan fingerprint density at radius 2 is 1.93 bits per heavy atom. The Labute approximate surface area is 168 Å². The highest BCUT2D eigenvalue weighted by Gasteiger charge is 2.35. The van der Waals surface area contributed by atoms with E-state index in [2.05, 4.69) is 37.0 Å². The van der Waals surface area contributed by atoms with Crippen molar-refractivity contribution in [3.63, 3.8) is 0 Å². The fourth-order valence-electron chi connectivity index (χ4n) is 5.91. The van der Waals surface area contributed by atoms with Crippen LogP contribution in [0.5, 0.6) is 0 Å². The van der Waals surface area contributed by atoms with Gasteiger partial charge in [0.25, 0.3) is 0 Å². The van der Waals surface area contributed by atoms with Gasteiger partial charge in [-0.2, -0.15) is 0 Å². The first-order valence-corrected chi connectivity index (χ1v) is 10.4. The molecule has 2 bridgehead atoms. The van der Waals surface area contributed by atoms with Crippen molar-refractivity contribution in [2.75, 3.05) is 0 Å². The van der Waals surface area contributed by atoms with E-state index >= 15 is 0 Å². The highest BCUT2D eigenvalue weighted by atomic mass is 16.1. The van der Waals surface area contributed by atoms with Crippen molar-refractivity contribution in [1.29, 1.82) is 0 Å². The largest absolute Gasteiger partial charge is 0.307 e. The van der Waals surface area contributed by atoms with Crippen LogP contribution >= 0.6 is 0 Å². The second-order valence-electron chi connectivity index (χ2n) is 9.33. The maximum absolute atomic E-state index is 13.3. The van der Waals surface area contributed by atoms with E-state index < -0.39 is 0 Å². The molecule has 1 aliphatic heterocycles. The lowest BCUT2D eigenvalue weighted by Gasteiger charge is -2.39. The van der Waals surface area contributed by atoms with Crippen molar-refractivity contribution in [3.05, 3.63) is 75.3 Å². The molecular weight excluding hydrogens is 356 g/mol. The van der Waals surface area contributed by atoms with Crippen LogP contribution < -0.4 is 5.43 Å². The second kappa shape index (κ2) is 4.85. The summed E-state index contributed by atoms with van der Waals surface area (Å²) in [5.74, 6) is 0. The molecule has 0 radical (unpaired) electrons. The topological polar surface area (TPSA) is 34.4 Å². The Kier molecular flexibility index (Phi) is 2.63. The second-order valence-corrected chi connectivity index (χ2v) is 9.33. The zero-order valence-electron chi connectivity index (χ0n) is 16.5. The number of allylic oxidation sites excluding steroid dienone is 1. The van der Waals surface area contributed by atoms with Crippen LogP contribution in [0, 0.1) is 5.41 Å². The number of nitrogens with zero attached hydrogens (tertiary/aromatic N) is 2. The highest BCUT2D eigenvalue weighted by molar-refractivity contribution is 6.20. The molecule has 1 aromatic heterocycles. The minimum atomic E-state index is 0.104. The van der Waals surface area contributed by atoms with Gasteiger partial charge < -0.3 is 4.40 Å². The Morgan fingerprint density at radius 1 is 1.07 bits per heavy atom. The average molecular weight is 376 g/mol. The number of rotatable bonds is 0. The van der Waals surface area contributed by atoms with Crippen molar-refractivity contribution < 1.29 is 0 Å². The summed E-state index contributed by atoms with van der Waals surface area (Å²) in [6.45, 7) is 4.69. The van der Waals surface area contributed by atoms with Crippen molar-refractivity contribution >= 4 is 33.3 Å². The summed E-state index contributed by atoms with van der Waals surface area (Å²) in [5.41, 5.74) is 8.80. The minimum Gasteiger partial charge on any atom is -0.307 e. The molecule has 3 aliphatic carbocycles. The predicted molar refractivity (Wildman–Crippen MR) is 118 cm³/mol. The smallest absolute Gasteiger partial charge is 0.188 e. The minimum absolute atomic E-state index is 0.104. The summed E-state index contributed by atoms with van der Waals surface area (Å²) in [5, 5.41) is 4.78. The van der Waals surface area contributed by atoms with Crippen molar-refractivity contribution in [3.8, 4) is 11.1 Å². The van der Waals surface area contributed by atoms with E-state index in [1.165, 1.54) is 27.5 Å². The van der Waals surface area contributed by atoms with Gasteiger partial charge in [-0.1, -0.05) is 31.6 Å². The van der Waals surface area contributed by atoms with Gasteiger partial charge in [0, 0.05) is 35.1 Å². The maximum atomic E-state index is 13.3. The van der Waals surface area contributed by atoms with Crippen LogP contribution in [0.1, 0.15) is 37.0 Å². The first-order chi connectivity index (χ1) is 14.0. The third kappa shape index (κ3) is 1.79. The monoisotopic (exact) mass is 376 g/mol. The molecule has 3 aromatic rings. The summed E-state index contributed by atoms with van der Waals surface area (Å²) in [4.78, 5) is 17.9. The molecule has 0 saturated carbocycles. The third-order valence-corrected chi connectivity index (χ3v) is 7.32. The van der Waals surface area contributed by atoms with Gasteiger partial charge in [0.15, 0.2) is 5.43 Å². The number of hydrogen-bond acceptors (Lipinski definition) is 2. The molecule has 0 fully saturated rings. The normalized spacial score (nSPS) is 17.5. The fraction of sp³-hybridized carbons (Fsp3) is 0.231. The molecule has 29 heavy (non-hydrogen) atoms.